The molecule has 1 aromatic carbocycles. The number of rotatable bonds is 8. The van der Waals surface area contributed by atoms with Crippen LogP contribution in [0.15, 0.2) is 30.3 Å². The van der Waals surface area contributed by atoms with E-state index < -0.39 is 11.9 Å². The van der Waals surface area contributed by atoms with Crippen LogP contribution in [0.2, 0.25) is 0 Å². The molecule has 5 nitrogen and oxygen atoms in total. The number of amides is 1. The molecule has 1 amide bonds. The summed E-state index contributed by atoms with van der Waals surface area (Å²) in [5, 5.41) is 9.39. The fourth-order valence-electron chi connectivity index (χ4n) is 2.29. The lowest BCUT2D eigenvalue weighted by molar-refractivity contribution is -0.140. The molecule has 116 valence electrons. The first-order chi connectivity index (χ1) is 9.99. The quantitative estimate of drug-likeness (QED) is 0.791. The molecule has 0 aliphatic carbocycles. The largest absolute Gasteiger partial charge is 0.481 e. The van der Waals surface area contributed by atoms with Crippen LogP contribution in [-0.2, 0) is 9.59 Å². The third-order valence-electron chi connectivity index (χ3n) is 3.52. The lowest BCUT2D eigenvalue weighted by Gasteiger charge is -2.25. The summed E-state index contributed by atoms with van der Waals surface area (Å²) >= 11 is 0. The van der Waals surface area contributed by atoms with Crippen LogP contribution < -0.4 is 0 Å². The second-order valence-corrected chi connectivity index (χ2v) is 5.06. The highest BCUT2D eigenvalue weighted by molar-refractivity contribution is 5.79. The van der Waals surface area contributed by atoms with Crippen molar-refractivity contribution in [1.82, 2.24) is 9.80 Å². The molecule has 5 heteroatoms. The van der Waals surface area contributed by atoms with Gasteiger partial charge in [0.1, 0.15) is 0 Å². The average molecular weight is 292 g/mol. The molecule has 0 saturated carbocycles. The highest BCUT2D eigenvalue weighted by Crippen LogP contribution is 2.16. The van der Waals surface area contributed by atoms with E-state index in [1.54, 1.807) is 29.0 Å². The summed E-state index contributed by atoms with van der Waals surface area (Å²) in [6.45, 7) is 5.76. The normalized spacial score (nSPS) is 12.2. The topological polar surface area (TPSA) is 60.9 Å². The van der Waals surface area contributed by atoms with E-state index in [2.05, 4.69) is 0 Å². The smallest absolute Gasteiger partial charge is 0.312 e. The molecule has 21 heavy (non-hydrogen) atoms. The maximum absolute atomic E-state index is 12.0. The minimum atomic E-state index is -0.872. The van der Waals surface area contributed by atoms with Gasteiger partial charge in [-0.1, -0.05) is 30.3 Å². The number of carbonyl (C=O) groups excluding carboxylic acids is 1. The number of carbonyl (C=O) groups is 2. The minimum absolute atomic E-state index is 0.0275. The summed E-state index contributed by atoms with van der Waals surface area (Å²) in [5.74, 6) is -1.47. The van der Waals surface area contributed by atoms with E-state index in [-0.39, 0.29) is 12.5 Å². The van der Waals surface area contributed by atoms with Gasteiger partial charge in [0.25, 0.3) is 0 Å². The van der Waals surface area contributed by atoms with Crippen molar-refractivity contribution in [3.05, 3.63) is 35.9 Å². The van der Waals surface area contributed by atoms with Crippen molar-refractivity contribution in [2.75, 3.05) is 33.2 Å². The molecule has 0 aliphatic rings. The molecule has 0 radical (unpaired) electrons. The Balaban J connectivity index is 2.68. The van der Waals surface area contributed by atoms with Gasteiger partial charge in [-0.25, -0.2) is 0 Å². The number of benzene rings is 1. The molecule has 0 bridgehead atoms. The summed E-state index contributed by atoms with van der Waals surface area (Å²) in [5.41, 5.74) is 0.757. The molecule has 0 fully saturated rings. The third-order valence-corrected chi connectivity index (χ3v) is 3.52. The average Bonchev–Trinajstić information content (AvgIpc) is 2.46. The molecular weight excluding hydrogens is 268 g/mol. The number of carboxylic acid groups (broad SMARTS) is 1. The van der Waals surface area contributed by atoms with Crippen LogP contribution in [0.5, 0.6) is 0 Å². The van der Waals surface area contributed by atoms with Gasteiger partial charge < -0.3 is 10.0 Å². The number of likely N-dealkylation sites (N-methyl/N-ethyl adjacent to an activating group) is 2. The third kappa shape index (κ3) is 5.19. The SMILES string of the molecule is CCN(CC)C(=O)CN(C)CC(C(=O)O)c1ccccc1. The predicted octanol–water partition coefficient (Wildman–Crippen LogP) is 1.66. The zero-order valence-electron chi connectivity index (χ0n) is 13.0. The van der Waals surface area contributed by atoms with Crippen molar-refractivity contribution in [3.8, 4) is 0 Å². The summed E-state index contributed by atoms with van der Waals surface area (Å²) in [6.07, 6.45) is 0. The van der Waals surface area contributed by atoms with E-state index in [4.69, 9.17) is 0 Å². The van der Waals surface area contributed by atoms with Crippen LogP contribution in [0, 0.1) is 0 Å². The first kappa shape index (κ1) is 17.2. The molecule has 1 atom stereocenters. The summed E-state index contributed by atoms with van der Waals surface area (Å²) in [7, 11) is 1.78. The van der Waals surface area contributed by atoms with Crippen LogP contribution in [0.1, 0.15) is 25.3 Å². The molecule has 0 spiro atoms. The molecule has 0 saturated heterocycles. The molecule has 1 unspecified atom stereocenters. The van der Waals surface area contributed by atoms with Crippen LogP contribution in [0.25, 0.3) is 0 Å². The van der Waals surface area contributed by atoms with Gasteiger partial charge in [-0.15, -0.1) is 0 Å². The van der Waals surface area contributed by atoms with Crippen LogP contribution >= 0.6 is 0 Å². The van der Waals surface area contributed by atoms with Crippen LogP contribution in [-0.4, -0.2) is 60.0 Å². The summed E-state index contributed by atoms with van der Waals surface area (Å²) < 4.78 is 0. The Labute approximate surface area is 126 Å². The molecule has 0 aliphatic heterocycles. The van der Waals surface area contributed by atoms with E-state index in [1.165, 1.54) is 0 Å². The van der Waals surface area contributed by atoms with Crippen molar-refractivity contribution in [3.63, 3.8) is 0 Å². The van der Waals surface area contributed by atoms with Gasteiger partial charge in [-0.3, -0.25) is 14.5 Å². The molecular formula is C16H24N2O3. The van der Waals surface area contributed by atoms with Gasteiger partial charge in [0.15, 0.2) is 0 Å². The number of hydrogen-bond acceptors (Lipinski definition) is 3. The standard InChI is InChI=1S/C16H24N2O3/c1-4-18(5-2)15(19)12-17(3)11-14(16(20)21)13-9-7-6-8-10-13/h6-10,14H,4-5,11-12H2,1-3H3,(H,20,21). The van der Waals surface area contributed by atoms with Crippen molar-refractivity contribution < 1.29 is 14.7 Å². The van der Waals surface area contributed by atoms with Crippen molar-refractivity contribution in [2.45, 2.75) is 19.8 Å². The highest BCUT2D eigenvalue weighted by atomic mass is 16.4. The van der Waals surface area contributed by atoms with E-state index in [9.17, 15) is 14.7 Å². The monoisotopic (exact) mass is 292 g/mol. The second kappa shape index (κ2) is 8.42. The first-order valence-electron chi connectivity index (χ1n) is 7.23. The number of aliphatic carboxylic acids is 1. The van der Waals surface area contributed by atoms with Gasteiger partial charge >= 0.3 is 5.97 Å². The number of nitrogens with zero attached hydrogens (tertiary/aromatic N) is 2. The second-order valence-electron chi connectivity index (χ2n) is 5.06. The first-order valence-corrected chi connectivity index (χ1v) is 7.23. The Kier molecular flexibility index (Phi) is 6.88. The Hall–Kier alpha value is -1.88. The summed E-state index contributed by atoms with van der Waals surface area (Å²) in [4.78, 5) is 27.0. The Morgan fingerprint density at radius 2 is 1.71 bits per heavy atom. The minimum Gasteiger partial charge on any atom is -0.481 e. The zero-order valence-corrected chi connectivity index (χ0v) is 13.0. The predicted molar refractivity (Wildman–Crippen MR) is 82.2 cm³/mol. The van der Waals surface area contributed by atoms with E-state index >= 15 is 0 Å². The highest BCUT2D eigenvalue weighted by Gasteiger charge is 2.23. The summed E-state index contributed by atoms with van der Waals surface area (Å²) in [6, 6.07) is 9.12. The molecule has 0 aromatic heterocycles. The van der Waals surface area contributed by atoms with Gasteiger partial charge in [0.05, 0.1) is 12.5 Å². The molecule has 1 rings (SSSR count). The maximum atomic E-state index is 12.0. The van der Waals surface area contributed by atoms with Crippen molar-refractivity contribution in [2.24, 2.45) is 0 Å². The Bertz CT molecular complexity index is 458. The number of carboxylic acids is 1. The fraction of sp³-hybridized carbons (Fsp3) is 0.500. The molecule has 1 N–H and O–H groups in total. The van der Waals surface area contributed by atoms with E-state index in [1.807, 2.05) is 32.0 Å². The van der Waals surface area contributed by atoms with Gasteiger partial charge in [-0.2, -0.15) is 0 Å². The molecule has 1 aromatic rings. The van der Waals surface area contributed by atoms with Crippen molar-refractivity contribution >= 4 is 11.9 Å². The Morgan fingerprint density at radius 1 is 1.14 bits per heavy atom. The maximum Gasteiger partial charge on any atom is 0.312 e. The lowest BCUT2D eigenvalue weighted by atomic mass is 9.99. The fourth-order valence-corrected chi connectivity index (χ4v) is 2.29. The van der Waals surface area contributed by atoms with Crippen LogP contribution in [0.3, 0.4) is 0 Å². The number of hydrogen-bond donors (Lipinski definition) is 1. The van der Waals surface area contributed by atoms with E-state index in [0.717, 1.165) is 5.56 Å². The zero-order chi connectivity index (χ0) is 15.8. The van der Waals surface area contributed by atoms with Gasteiger partial charge in [0, 0.05) is 19.6 Å². The lowest BCUT2D eigenvalue weighted by Crippen LogP contribution is -2.40. The molecule has 0 heterocycles. The van der Waals surface area contributed by atoms with Crippen molar-refractivity contribution in [1.29, 1.82) is 0 Å². The van der Waals surface area contributed by atoms with Gasteiger partial charge in [0.2, 0.25) is 5.91 Å². The van der Waals surface area contributed by atoms with E-state index in [0.29, 0.717) is 19.6 Å². The van der Waals surface area contributed by atoms with Crippen LogP contribution in [0.4, 0.5) is 0 Å². The van der Waals surface area contributed by atoms with Gasteiger partial charge in [-0.05, 0) is 26.5 Å². The Morgan fingerprint density at radius 3 is 2.19 bits per heavy atom.